The molecule has 0 aliphatic heterocycles. The van der Waals surface area contributed by atoms with Crippen molar-refractivity contribution in [3.05, 3.63) is 35.6 Å². The van der Waals surface area contributed by atoms with Crippen LogP contribution in [-0.2, 0) is 11.3 Å². The van der Waals surface area contributed by atoms with E-state index < -0.39 is 5.54 Å². The molecule has 1 amide bonds. The Morgan fingerprint density at radius 2 is 2.18 bits per heavy atom. The Morgan fingerprint density at radius 3 is 2.77 bits per heavy atom. The molecule has 0 saturated heterocycles. The molecular formula is C17H26ClFN2O. The first-order valence-corrected chi connectivity index (χ1v) is 7.76. The zero-order chi connectivity index (χ0) is 15.5. The Labute approximate surface area is 138 Å². The van der Waals surface area contributed by atoms with Crippen molar-refractivity contribution in [3.8, 4) is 0 Å². The van der Waals surface area contributed by atoms with E-state index in [1.54, 1.807) is 11.0 Å². The Kier molecular flexibility index (Phi) is 6.82. The van der Waals surface area contributed by atoms with Crippen LogP contribution in [0.25, 0.3) is 0 Å². The number of benzene rings is 1. The molecule has 0 spiro atoms. The third kappa shape index (κ3) is 4.43. The predicted molar refractivity (Wildman–Crippen MR) is 89.3 cm³/mol. The van der Waals surface area contributed by atoms with Gasteiger partial charge in [-0.05, 0) is 44.4 Å². The van der Waals surface area contributed by atoms with Crippen LogP contribution in [0, 0.1) is 11.7 Å². The summed E-state index contributed by atoms with van der Waals surface area (Å²) in [5.74, 6) is -0.288. The standard InChI is InChI=1S/C17H25FN2O.ClH/c1-3-20(12-13-7-6-8-14(18)11-13)16(21)15-9-4-5-10-17(15,2)19;/h6-8,11,15H,3-5,9-10,12,19H2,1-2H3;1H. The van der Waals surface area contributed by atoms with E-state index in [2.05, 4.69) is 0 Å². The molecular weight excluding hydrogens is 303 g/mol. The van der Waals surface area contributed by atoms with Crippen LogP contribution < -0.4 is 5.73 Å². The van der Waals surface area contributed by atoms with Crippen LogP contribution in [0.5, 0.6) is 0 Å². The lowest BCUT2D eigenvalue weighted by molar-refractivity contribution is -0.139. The minimum atomic E-state index is -0.426. The highest BCUT2D eigenvalue weighted by Crippen LogP contribution is 2.33. The normalized spacial score (nSPS) is 24.5. The van der Waals surface area contributed by atoms with Crippen molar-refractivity contribution in [3.63, 3.8) is 0 Å². The van der Waals surface area contributed by atoms with Gasteiger partial charge in [-0.15, -0.1) is 12.4 Å². The highest BCUT2D eigenvalue weighted by Gasteiger charge is 2.39. The van der Waals surface area contributed by atoms with Crippen LogP contribution in [0.15, 0.2) is 24.3 Å². The summed E-state index contributed by atoms with van der Waals surface area (Å²) in [5.41, 5.74) is 6.72. The second-order valence-electron chi connectivity index (χ2n) is 6.29. The molecule has 0 radical (unpaired) electrons. The molecule has 2 atom stereocenters. The largest absolute Gasteiger partial charge is 0.338 e. The lowest BCUT2D eigenvalue weighted by atomic mass is 9.74. The van der Waals surface area contributed by atoms with E-state index in [0.29, 0.717) is 13.1 Å². The van der Waals surface area contributed by atoms with Crippen molar-refractivity contribution in [2.24, 2.45) is 11.7 Å². The number of hydrogen-bond donors (Lipinski definition) is 1. The van der Waals surface area contributed by atoms with E-state index >= 15 is 0 Å². The van der Waals surface area contributed by atoms with Gasteiger partial charge in [0.05, 0.1) is 5.92 Å². The number of hydrogen-bond acceptors (Lipinski definition) is 2. The third-order valence-electron chi connectivity index (χ3n) is 4.51. The van der Waals surface area contributed by atoms with Gasteiger partial charge < -0.3 is 10.6 Å². The molecule has 1 fully saturated rings. The Morgan fingerprint density at radius 1 is 1.45 bits per heavy atom. The molecule has 1 aliphatic carbocycles. The van der Waals surface area contributed by atoms with E-state index in [1.165, 1.54) is 12.1 Å². The summed E-state index contributed by atoms with van der Waals surface area (Å²) >= 11 is 0. The highest BCUT2D eigenvalue weighted by atomic mass is 35.5. The predicted octanol–water partition coefficient (Wildman–Crippen LogP) is 3.50. The van der Waals surface area contributed by atoms with Gasteiger partial charge in [0.1, 0.15) is 5.82 Å². The van der Waals surface area contributed by atoms with Crippen molar-refractivity contribution in [1.29, 1.82) is 0 Å². The number of rotatable bonds is 4. The van der Waals surface area contributed by atoms with Gasteiger partial charge in [0, 0.05) is 18.6 Å². The highest BCUT2D eigenvalue weighted by molar-refractivity contribution is 5.85. The van der Waals surface area contributed by atoms with Crippen LogP contribution >= 0.6 is 12.4 Å². The van der Waals surface area contributed by atoms with E-state index in [1.807, 2.05) is 19.9 Å². The van der Waals surface area contributed by atoms with Gasteiger partial charge in [-0.2, -0.15) is 0 Å². The molecule has 124 valence electrons. The number of carbonyl (C=O) groups is 1. The maximum absolute atomic E-state index is 13.3. The first-order valence-electron chi connectivity index (χ1n) is 7.76. The van der Waals surface area contributed by atoms with Crippen molar-refractivity contribution < 1.29 is 9.18 Å². The fourth-order valence-electron chi connectivity index (χ4n) is 3.19. The van der Waals surface area contributed by atoms with Gasteiger partial charge in [-0.3, -0.25) is 4.79 Å². The number of amides is 1. The first kappa shape index (κ1) is 18.9. The zero-order valence-corrected chi connectivity index (χ0v) is 14.2. The van der Waals surface area contributed by atoms with Crippen molar-refractivity contribution in [2.45, 2.75) is 51.6 Å². The summed E-state index contributed by atoms with van der Waals surface area (Å²) < 4.78 is 13.3. The van der Waals surface area contributed by atoms with Crippen LogP contribution in [0.4, 0.5) is 4.39 Å². The van der Waals surface area contributed by atoms with Gasteiger partial charge in [0.15, 0.2) is 0 Å². The van der Waals surface area contributed by atoms with Crippen molar-refractivity contribution >= 4 is 18.3 Å². The third-order valence-corrected chi connectivity index (χ3v) is 4.51. The van der Waals surface area contributed by atoms with E-state index in [4.69, 9.17) is 5.73 Å². The molecule has 1 aromatic rings. The number of nitrogens with zero attached hydrogens (tertiary/aromatic N) is 1. The average molecular weight is 329 g/mol. The molecule has 2 rings (SSSR count). The lowest BCUT2D eigenvalue weighted by Gasteiger charge is -2.39. The minimum Gasteiger partial charge on any atom is -0.338 e. The Bertz CT molecular complexity index is 507. The molecule has 1 aliphatic rings. The van der Waals surface area contributed by atoms with Gasteiger partial charge in [-0.25, -0.2) is 4.39 Å². The quantitative estimate of drug-likeness (QED) is 0.919. The molecule has 22 heavy (non-hydrogen) atoms. The number of halogens is 2. The average Bonchev–Trinajstić information content (AvgIpc) is 2.43. The second kappa shape index (κ2) is 7.93. The van der Waals surface area contributed by atoms with Gasteiger partial charge >= 0.3 is 0 Å². The maximum atomic E-state index is 13.3. The smallest absolute Gasteiger partial charge is 0.227 e. The fraction of sp³-hybridized carbons (Fsp3) is 0.588. The Hall–Kier alpha value is -1.13. The lowest BCUT2D eigenvalue weighted by Crippen LogP contribution is -2.53. The van der Waals surface area contributed by atoms with Crippen LogP contribution in [0.3, 0.4) is 0 Å². The number of nitrogens with two attached hydrogens (primary N) is 1. The maximum Gasteiger partial charge on any atom is 0.227 e. The minimum absolute atomic E-state index is 0. The SMILES string of the molecule is CCN(Cc1cccc(F)c1)C(=O)C1CCCCC1(C)N.Cl. The molecule has 0 bridgehead atoms. The Balaban J connectivity index is 0.00000242. The molecule has 3 nitrogen and oxygen atoms in total. The van der Waals surface area contributed by atoms with Crippen molar-refractivity contribution in [2.75, 3.05) is 6.54 Å². The monoisotopic (exact) mass is 328 g/mol. The summed E-state index contributed by atoms with van der Waals surface area (Å²) in [6, 6.07) is 6.43. The topological polar surface area (TPSA) is 46.3 Å². The molecule has 2 unspecified atom stereocenters. The summed E-state index contributed by atoms with van der Waals surface area (Å²) in [5, 5.41) is 0. The first-order chi connectivity index (χ1) is 9.94. The van der Waals surface area contributed by atoms with E-state index in [-0.39, 0.29) is 30.0 Å². The second-order valence-corrected chi connectivity index (χ2v) is 6.29. The summed E-state index contributed by atoms with van der Waals surface area (Å²) in [6.45, 7) is 4.99. The summed E-state index contributed by atoms with van der Waals surface area (Å²) in [4.78, 5) is 14.6. The van der Waals surface area contributed by atoms with Crippen LogP contribution in [0.2, 0.25) is 0 Å². The van der Waals surface area contributed by atoms with Crippen LogP contribution in [-0.4, -0.2) is 22.9 Å². The van der Waals surface area contributed by atoms with Gasteiger partial charge in [-0.1, -0.05) is 25.0 Å². The molecule has 5 heteroatoms. The summed E-state index contributed by atoms with van der Waals surface area (Å²) in [6.07, 6.45) is 3.89. The van der Waals surface area contributed by atoms with Crippen molar-refractivity contribution in [1.82, 2.24) is 4.90 Å². The van der Waals surface area contributed by atoms with E-state index in [0.717, 1.165) is 31.2 Å². The van der Waals surface area contributed by atoms with E-state index in [9.17, 15) is 9.18 Å². The fourth-order valence-corrected chi connectivity index (χ4v) is 3.19. The number of carbonyl (C=O) groups excluding carboxylic acids is 1. The van der Waals surface area contributed by atoms with Gasteiger partial charge in [0.2, 0.25) is 5.91 Å². The molecule has 0 aromatic heterocycles. The zero-order valence-electron chi connectivity index (χ0n) is 13.3. The molecule has 1 saturated carbocycles. The van der Waals surface area contributed by atoms with Gasteiger partial charge in [0.25, 0.3) is 0 Å². The summed E-state index contributed by atoms with van der Waals surface area (Å²) in [7, 11) is 0. The molecule has 0 heterocycles. The van der Waals surface area contributed by atoms with Crippen LogP contribution in [0.1, 0.15) is 45.1 Å². The molecule has 2 N–H and O–H groups in total. The molecule has 1 aromatic carbocycles.